The van der Waals surface area contributed by atoms with Crippen LogP contribution < -0.4 is 11.1 Å². The Morgan fingerprint density at radius 1 is 1.00 bits per heavy atom. The molecule has 1 aliphatic heterocycles. The molecule has 0 bridgehead atoms. The van der Waals surface area contributed by atoms with Crippen LogP contribution in [0.1, 0.15) is 36.4 Å². The number of amides is 3. The summed E-state index contributed by atoms with van der Waals surface area (Å²) >= 11 is 0. The number of carbonyl (C=O) groups is 3. The normalized spacial score (nSPS) is 14.6. The maximum atomic E-state index is 12.4. The van der Waals surface area contributed by atoms with Gasteiger partial charge >= 0.3 is 0 Å². The van der Waals surface area contributed by atoms with Crippen LogP contribution in [0.15, 0.2) is 54.6 Å². The van der Waals surface area contributed by atoms with Gasteiger partial charge in [0.2, 0.25) is 17.7 Å². The van der Waals surface area contributed by atoms with Gasteiger partial charge in [-0.3, -0.25) is 19.3 Å². The van der Waals surface area contributed by atoms with E-state index in [9.17, 15) is 14.4 Å². The first-order valence-corrected chi connectivity index (χ1v) is 8.56. The Hall–Kier alpha value is -2.70. The van der Waals surface area contributed by atoms with Gasteiger partial charge < -0.3 is 11.1 Å². The number of carbonyl (C=O) groups excluding carboxylic acids is 3. The van der Waals surface area contributed by atoms with E-state index in [1.54, 1.807) is 18.2 Å². The molecule has 1 unspecified atom stereocenters. The van der Waals surface area contributed by atoms with Crippen LogP contribution in [0.3, 0.4) is 0 Å². The van der Waals surface area contributed by atoms with Gasteiger partial charge in [0.15, 0.2) is 0 Å². The Labute approximate surface area is 164 Å². The molecule has 0 saturated carbocycles. The number of hydrogen-bond acceptors (Lipinski definition) is 4. The molecular weight excluding hydrogens is 366 g/mol. The number of halogens is 1. The van der Waals surface area contributed by atoms with Crippen LogP contribution >= 0.6 is 12.4 Å². The van der Waals surface area contributed by atoms with Crippen molar-refractivity contribution in [3.63, 3.8) is 0 Å². The number of nitrogens with two attached hydrogens (primary N) is 1. The van der Waals surface area contributed by atoms with E-state index in [1.165, 1.54) is 4.90 Å². The van der Waals surface area contributed by atoms with E-state index < -0.39 is 6.04 Å². The largest absolute Gasteiger partial charge is 0.326 e. The predicted octanol–water partition coefficient (Wildman–Crippen LogP) is 2.79. The molecule has 2 aromatic carbocycles. The van der Waals surface area contributed by atoms with Crippen molar-refractivity contribution >= 4 is 35.8 Å². The number of imide groups is 1. The van der Waals surface area contributed by atoms with E-state index in [1.807, 2.05) is 36.4 Å². The van der Waals surface area contributed by atoms with Gasteiger partial charge in [-0.1, -0.05) is 48.5 Å². The van der Waals surface area contributed by atoms with Crippen molar-refractivity contribution < 1.29 is 14.4 Å². The Morgan fingerprint density at radius 2 is 1.59 bits per heavy atom. The fourth-order valence-electron chi connectivity index (χ4n) is 2.97. The van der Waals surface area contributed by atoms with E-state index in [0.717, 1.165) is 11.1 Å². The highest BCUT2D eigenvalue weighted by molar-refractivity contribution is 6.02. The molecule has 6 nitrogen and oxygen atoms in total. The Kier molecular flexibility index (Phi) is 7.10. The number of nitrogens with one attached hydrogen (secondary N) is 1. The second kappa shape index (κ2) is 9.30. The van der Waals surface area contributed by atoms with E-state index >= 15 is 0 Å². The Balaban J connectivity index is 0.00000261. The van der Waals surface area contributed by atoms with Crippen molar-refractivity contribution in [3.05, 3.63) is 65.7 Å². The molecule has 3 N–H and O–H groups in total. The minimum atomic E-state index is -0.398. The second-order valence-corrected chi connectivity index (χ2v) is 6.30. The highest BCUT2D eigenvalue weighted by atomic mass is 35.5. The number of likely N-dealkylation sites (tertiary alicyclic amines) is 1. The first-order valence-electron chi connectivity index (χ1n) is 8.56. The molecule has 1 atom stereocenters. The summed E-state index contributed by atoms with van der Waals surface area (Å²) in [4.78, 5) is 37.3. The molecule has 0 spiro atoms. The molecule has 2 aromatic rings. The van der Waals surface area contributed by atoms with E-state index in [4.69, 9.17) is 5.73 Å². The first-order chi connectivity index (χ1) is 12.5. The smallest absolute Gasteiger partial charge is 0.229 e. The highest BCUT2D eigenvalue weighted by Crippen LogP contribution is 2.22. The molecule has 1 heterocycles. The summed E-state index contributed by atoms with van der Waals surface area (Å²) in [7, 11) is 0. The zero-order chi connectivity index (χ0) is 18.5. The highest BCUT2D eigenvalue weighted by Gasteiger charge is 2.29. The number of hydrogen-bond donors (Lipinski definition) is 2. The molecule has 7 heteroatoms. The minimum Gasteiger partial charge on any atom is -0.326 e. The van der Waals surface area contributed by atoms with Gasteiger partial charge in [0, 0.05) is 31.0 Å². The van der Waals surface area contributed by atoms with Gasteiger partial charge in [0.25, 0.3) is 0 Å². The lowest BCUT2D eigenvalue weighted by atomic mass is 10.0. The SMILES string of the molecule is Cl.NC(CC(=O)Nc1ccccc1CN1C(=O)CCC1=O)c1ccccc1. The lowest BCUT2D eigenvalue weighted by Gasteiger charge is -2.18. The quantitative estimate of drug-likeness (QED) is 0.745. The monoisotopic (exact) mass is 387 g/mol. The number of anilines is 1. The third kappa shape index (κ3) is 5.15. The second-order valence-electron chi connectivity index (χ2n) is 6.30. The number of benzene rings is 2. The van der Waals surface area contributed by atoms with Crippen molar-refractivity contribution in [3.8, 4) is 0 Å². The van der Waals surface area contributed by atoms with Crippen LogP contribution in [0.5, 0.6) is 0 Å². The predicted molar refractivity (Wildman–Crippen MR) is 105 cm³/mol. The zero-order valence-electron chi connectivity index (χ0n) is 14.8. The molecular formula is C20H22ClN3O3. The third-order valence-electron chi connectivity index (χ3n) is 4.41. The molecule has 0 radical (unpaired) electrons. The Bertz CT molecular complexity index is 810. The molecule has 1 saturated heterocycles. The van der Waals surface area contributed by atoms with Gasteiger partial charge in [0.05, 0.1) is 6.54 Å². The molecule has 0 aliphatic carbocycles. The average molecular weight is 388 g/mol. The van der Waals surface area contributed by atoms with Crippen LogP contribution in [0.4, 0.5) is 5.69 Å². The molecule has 27 heavy (non-hydrogen) atoms. The minimum absolute atomic E-state index is 0. The fraction of sp³-hybridized carbons (Fsp3) is 0.250. The van der Waals surface area contributed by atoms with Gasteiger partial charge in [0.1, 0.15) is 0 Å². The van der Waals surface area contributed by atoms with Crippen LogP contribution in [0.25, 0.3) is 0 Å². The summed E-state index contributed by atoms with van der Waals surface area (Å²) in [6.07, 6.45) is 0.637. The third-order valence-corrected chi connectivity index (χ3v) is 4.41. The van der Waals surface area contributed by atoms with E-state index in [0.29, 0.717) is 5.69 Å². The van der Waals surface area contributed by atoms with Crippen molar-refractivity contribution in [2.24, 2.45) is 5.73 Å². The summed E-state index contributed by atoms with van der Waals surface area (Å²) in [5.74, 6) is -0.572. The first kappa shape index (κ1) is 20.6. The summed E-state index contributed by atoms with van der Waals surface area (Å²) < 4.78 is 0. The van der Waals surface area contributed by atoms with Crippen molar-refractivity contribution in [2.45, 2.75) is 31.8 Å². The van der Waals surface area contributed by atoms with Crippen LogP contribution in [0, 0.1) is 0 Å². The zero-order valence-corrected chi connectivity index (χ0v) is 15.6. The van der Waals surface area contributed by atoms with Crippen LogP contribution in [0.2, 0.25) is 0 Å². The number of nitrogens with zero attached hydrogens (tertiary/aromatic N) is 1. The summed E-state index contributed by atoms with van der Waals surface area (Å²) in [6, 6.07) is 16.2. The summed E-state index contributed by atoms with van der Waals surface area (Å²) in [5.41, 5.74) is 8.30. The fourth-order valence-corrected chi connectivity index (χ4v) is 2.97. The van der Waals surface area contributed by atoms with Crippen LogP contribution in [-0.2, 0) is 20.9 Å². The number of para-hydroxylation sites is 1. The maximum Gasteiger partial charge on any atom is 0.229 e. The van der Waals surface area contributed by atoms with Crippen LogP contribution in [-0.4, -0.2) is 22.6 Å². The van der Waals surface area contributed by atoms with Crippen molar-refractivity contribution in [1.82, 2.24) is 4.90 Å². The average Bonchev–Trinajstić information content (AvgIpc) is 2.96. The summed E-state index contributed by atoms with van der Waals surface area (Å²) in [5, 5.41) is 2.85. The van der Waals surface area contributed by atoms with Gasteiger partial charge in [-0.15, -0.1) is 12.4 Å². The van der Waals surface area contributed by atoms with Gasteiger partial charge in [-0.2, -0.15) is 0 Å². The lowest BCUT2D eigenvalue weighted by Crippen LogP contribution is -2.29. The van der Waals surface area contributed by atoms with Crippen molar-refractivity contribution in [1.29, 1.82) is 0 Å². The van der Waals surface area contributed by atoms with E-state index in [-0.39, 0.29) is 55.9 Å². The molecule has 3 rings (SSSR count). The molecule has 1 aliphatic rings. The molecule has 0 aromatic heterocycles. The van der Waals surface area contributed by atoms with Gasteiger partial charge in [-0.05, 0) is 17.2 Å². The maximum absolute atomic E-state index is 12.4. The molecule has 1 fully saturated rings. The van der Waals surface area contributed by atoms with Crippen molar-refractivity contribution in [2.75, 3.05) is 5.32 Å². The molecule has 142 valence electrons. The standard InChI is InChI=1S/C20H21N3O3.ClH/c21-16(14-6-2-1-3-7-14)12-18(24)22-17-9-5-4-8-15(17)13-23-19(25)10-11-20(23)26;/h1-9,16H,10-13,21H2,(H,22,24);1H. The molecule has 3 amide bonds. The van der Waals surface area contributed by atoms with E-state index in [2.05, 4.69) is 5.32 Å². The Morgan fingerprint density at radius 3 is 2.26 bits per heavy atom. The van der Waals surface area contributed by atoms with Gasteiger partial charge in [-0.25, -0.2) is 0 Å². The summed E-state index contributed by atoms with van der Waals surface area (Å²) in [6.45, 7) is 0.166. The topological polar surface area (TPSA) is 92.5 Å². The number of rotatable bonds is 6. The lowest BCUT2D eigenvalue weighted by molar-refractivity contribution is -0.139.